The molecule has 1 atom stereocenters. The molecule has 1 N–H and O–H groups in total. The number of aliphatic carboxylic acids is 1. The van der Waals surface area contributed by atoms with Gasteiger partial charge in [-0.3, -0.25) is 4.79 Å². The van der Waals surface area contributed by atoms with Gasteiger partial charge < -0.3 is 5.11 Å². The average molecular weight is 524 g/mol. The topological polar surface area (TPSA) is 76.0 Å². The number of carboxylic acid groups (broad SMARTS) is 1. The van der Waals surface area contributed by atoms with Crippen molar-refractivity contribution < 1.29 is 9.90 Å². The van der Waals surface area contributed by atoms with Gasteiger partial charge >= 0.3 is 5.97 Å². The Morgan fingerprint density at radius 1 is 1.00 bits per heavy atom. The van der Waals surface area contributed by atoms with Crippen molar-refractivity contribution in [1.82, 2.24) is 15.0 Å². The first-order chi connectivity index (χ1) is 12.9. The van der Waals surface area contributed by atoms with Gasteiger partial charge in [0.15, 0.2) is 17.5 Å². The van der Waals surface area contributed by atoms with Crippen molar-refractivity contribution in [3.8, 4) is 11.4 Å². The highest BCUT2D eigenvalue weighted by Gasteiger charge is 2.34. The summed E-state index contributed by atoms with van der Waals surface area (Å²) < 4.78 is -3.87. The van der Waals surface area contributed by atoms with Crippen molar-refractivity contribution in [3.63, 3.8) is 0 Å². The van der Waals surface area contributed by atoms with Crippen LogP contribution >= 0.6 is 81.4 Å². The number of halogens is 6. The molecule has 0 aliphatic carbocycles. The van der Waals surface area contributed by atoms with Crippen molar-refractivity contribution in [2.75, 3.05) is 0 Å². The molecule has 0 fully saturated rings. The van der Waals surface area contributed by atoms with Gasteiger partial charge in [-0.05, 0) is 18.6 Å². The predicted molar refractivity (Wildman–Crippen MR) is 116 cm³/mol. The number of aromatic nitrogens is 3. The van der Waals surface area contributed by atoms with Crippen LogP contribution in [0.15, 0.2) is 29.2 Å². The van der Waals surface area contributed by atoms with Crippen molar-refractivity contribution in [2.45, 2.75) is 37.5 Å². The van der Waals surface area contributed by atoms with E-state index in [1.807, 2.05) is 6.92 Å². The summed E-state index contributed by atoms with van der Waals surface area (Å²) in [5.74, 6) is -1.07. The normalized spacial score (nSPS) is 13.4. The predicted octanol–water partition coefficient (Wildman–Crippen LogP) is 6.54. The summed E-state index contributed by atoms with van der Waals surface area (Å²) in [6.07, 6.45) is 1.33. The molecule has 1 aromatic heterocycles. The monoisotopic (exact) mass is 521 g/mol. The molecule has 1 unspecified atom stereocenters. The molecule has 5 nitrogen and oxygen atoms in total. The molecule has 0 saturated heterocycles. The highest BCUT2D eigenvalue weighted by Crippen LogP contribution is 2.40. The van der Waals surface area contributed by atoms with Gasteiger partial charge in [-0.15, -0.1) is 11.8 Å². The number of hydrogen-bond acceptors (Lipinski definition) is 5. The van der Waals surface area contributed by atoms with Crippen LogP contribution in [-0.4, -0.2) is 31.3 Å². The Kier molecular flexibility index (Phi) is 8.36. The minimum absolute atomic E-state index is 0.151. The van der Waals surface area contributed by atoms with Crippen LogP contribution in [0.3, 0.4) is 0 Å². The summed E-state index contributed by atoms with van der Waals surface area (Å²) in [6, 6.07) is 6.90. The summed E-state index contributed by atoms with van der Waals surface area (Å²) in [4.78, 5) is 24.3. The third-order valence-electron chi connectivity index (χ3n) is 3.36. The molecular weight excluding hydrogens is 511 g/mol. The average Bonchev–Trinajstić information content (AvgIpc) is 2.60. The molecular formula is C16H13Cl6N3O2S. The van der Waals surface area contributed by atoms with Gasteiger partial charge in [-0.2, -0.15) is 0 Å². The minimum atomic E-state index is -1.94. The first-order valence-corrected chi connectivity index (χ1v) is 11.0. The van der Waals surface area contributed by atoms with E-state index in [0.717, 1.165) is 11.3 Å². The zero-order valence-electron chi connectivity index (χ0n) is 14.2. The van der Waals surface area contributed by atoms with E-state index < -0.39 is 18.8 Å². The maximum absolute atomic E-state index is 11.3. The summed E-state index contributed by atoms with van der Waals surface area (Å²) >= 11 is 36.5. The zero-order chi connectivity index (χ0) is 21.1. The fourth-order valence-corrected chi connectivity index (χ4v) is 3.68. The highest BCUT2D eigenvalue weighted by atomic mass is 35.6. The van der Waals surface area contributed by atoms with Crippen molar-refractivity contribution in [2.24, 2.45) is 0 Å². The lowest BCUT2D eigenvalue weighted by molar-refractivity contribution is -0.136. The first-order valence-electron chi connectivity index (χ1n) is 7.82. The summed E-state index contributed by atoms with van der Waals surface area (Å²) in [5, 5.41) is 8.76. The van der Waals surface area contributed by atoms with Gasteiger partial charge in [0.25, 0.3) is 0 Å². The number of nitrogens with zero attached hydrogens (tertiary/aromatic N) is 3. The molecule has 0 radical (unpaired) electrons. The summed E-state index contributed by atoms with van der Waals surface area (Å²) in [5.41, 5.74) is 0.556. The van der Waals surface area contributed by atoms with Gasteiger partial charge in [0.05, 0.1) is 0 Å². The van der Waals surface area contributed by atoms with Crippen LogP contribution in [0.2, 0.25) is 0 Å². The fourth-order valence-electron chi connectivity index (χ4n) is 2.10. The molecule has 1 aromatic carbocycles. The lowest BCUT2D eigenvalue weighted by Gasteiger charge is -2.16. The molecule has 2 rings (SSSR count). The van der Waals surface area contributed by atoms with Gasteiger partial charge in [-0.1, -0.05) is 95.1 Å². The van der Waals surface area contributed by atoms with Crippen LogP contribution in [0.4, 0.5) is 0 Å². The van der Waals surface area contributed by atoms with Crippen LogP contribution in [-0.2, 0) is 12.4 Å². The molecule has 0 spiro atoms. The standard InChI is InChI=1S/C16H13Cl6N3O2S/c1-2-3-10(12(26)27)28-9-6-4-8(5-7-9)11-23-13(15(17,18)19)25-14(24-11)16(20,21)22/h4-7,10H,2-3H2,1H3,(H,26,27). The van der Waals surface area contributed by atoms with E-state index in [9.17, 15) is 9.90 Å². The van der Waals surface area contributed by atoms with Gasteiger partial charge in [0.1, 0.15) is 5.25 Å². The molecule has 0 aliphatic heterocycles. The lowest BCUT2D eigenvalue weighted by atomic mass is 10.2. The smallest absolute Gasteiger partial charge is 0.316 e. The van der Waals surface area contributed by atoms with Crippen molar-refractivity contribution in [1.29, 1.82) is 0 Å². The quantitative estimate of drug-likeness (QED) is 0.342. The second-order valence-electron chi connectivity index (χ2n) is 5.56. The van der Waals surface area contributed by atoms with E-state index in [0.29, 0.717) is 12.0 Å². The fraction of sp³-hybridized carbons (Fsp3) is 0.375. The van der Waals surface area contributed by atoms with E-state index >= 15 is 0 Å². The zero-order valence-corrected chi connectivity index (χ0v) is 19.5. The Morgan fingerprint density at radius 3 is 1.89 bits per heavy atom. The minimum Gasteiger partial charge on any atom is -0.480 e. The third-order valence-corrected chi connectivity index (χ3v) is 5.64. The molecule has 2 aromatic rings. The van der Waals surface area contributed by atoms with Crippen molar-refractivity contribution >= 4 is 87.3 Å². The molecule has 12 heteroatoms. The largest absolute Gasteiger partial charge is 0.480 e. The number of hydrogen-bond donors (Lipinski definition) is 1. The molecule has 0 bridgehead atoms. The van der Waals surface area contributed by atoms with Gasteiger partial charge in [0, 0.05) is 10.5 Å². The lowest BCUT2D eigenvalue weighted by Crippen LogP contribution is -2.16. The number of carbonyl (C=O) groups is 1. The summed E-state index contributed by atoms with van der Waals surface area (Å²) in [6.45, 7) is 1.94. The van der Waals surface area contributed by atoms with E-state index in [4.69, 9.17) is 69.6 Å². The Bertz CT molecular complexity index is 808. The van der Waals surface area contributed by atoms with Crippen LogP contribution in [0, 0.1) is 0 Å². The van der Waals surface area contributed by atoms with E-state index in [1.165, 1.54) is 11.8 Å². The van der Waals surface area contributed by atoms with Crippen LogP contribution in [0.5, 0.6) is 0 Å². The third kappa shape index (κ3) is 6.66. The van der Waals surface area contributed by atoms with E-state index in [-0.39, 0.29) is 17.5 Å². The number of rotatable bonds is 6. The Morgan fingerprint density at radius 2 is 1.50 bits per heavy atom. The second-order valence-corrected chi connectivity index (χ2v) is 11.4. The van der Waals surface area contributed by atoms with Crippen molar-refractivity contribution in [3.05, 3.63) is 35.9 Å². The summed E-state index contributed by atoms with van der Waals surface area (Å²) in [7, 11) is 0. The Balaban J connectivity index is 2.38. The van der Waals surface area contributed by atoms with E-state index in [2.05, 4.69) is 15.0 Å². The molecule has 152 valence electrons. The molecule has 0 amide bonds. The number of alkyl halides is 6. The van der Waals surface area contributed by atoms with E-state index in [1.54, 1.807) is 24.3 Å². The number of carboxylic acids is 1. The molecule has 1 heterocycles. The number of benzene rings is 1. The van der Waals surface area contributed by atoms with Gasteiger partial charge in [0.2, 0.25) is 7.59 Å². The van der Waals surface area contributed by atoms with Crippen LogP contribution < -0.4 is 0 Å². The molecule has 0 aliphatic rings. The highest BCUT2D eigenvalue weighted by molar-refractivity contribution is 8.00. The number of thioether (sulfide) groups is 1. The SMILES string of the molecule is CCCC(Sc1ccc(-c2nc(C(Cl)(Cl)Cl)nc(C(Cl)(Cl)Cl)n2)cc1)C(=O)O. The molecule has 28 heavy (non-hydrogen) atoms. The van der Waals surface area contributed by atoms with Crippen LogP contribution in [0.1, 0.15) is 31.4 Å². The van der Waals surface area contributed by atoms with Gasteiger partial charge in [-0.25, -0.2) is 15.0 Å². The maximum atomic E-state index is 11.3. The maximum Gasteiger partial charge on any atom is 0.316 e. The van der Waals surface area contributed by atoms with Crippen LogP contribution in [0.25, 0.3) is 11.4 Å². The Hall–Kier alpha value is -0.210. The second kappa shape index (κ2) is 9.73. The first kappa shape index (κ1) is 24.1. The Labute approximate surface area is 196 Å². The molecule has 0 saturated carbocycles.